The van der Waals surface area contributed by atoms with E-state index in [1.807, 2.05) is 25.1 Å². The molecule has 0 spiro atoms. The summed E-state index contributed by atoms with van der Waals surface area (Å²) < 4.78 is 40.9. The lowest BCUT2D eigenvalue weighted by molar-refractivity contribution is -0.140. The van der Waals surface area contributed by atoms with Crippen molar-refractivity contribution in [1.82, 2.24) is 15.4 Å². The molecule has 3 aromatic rings. The first-order valence-electron chi connectivity index (χ1n) is 17.0. The Morgan fingerprint density at radius 2 is 1.84 bits per heavy atom. The number of hydrogen-bond acceptors (Lipinski definition) is 9. The number of ether oxygens (including phenoxy) is 1. The smallest absolute Gasteiger partial charge is 0.263 e. The summed E-state index contributed by atoms with van der Waals surface area (Å²) in [6.45, 7) is 10.0. The summed E-state index contributed by atoms with van der Waals surface area (Å²) in [5, 5.41) is 17.4. The first kappa shape index (κ1) is 36.2. The SMILES string of the molecule is CCCCC1=N[C@@](C)(CNC(=O)C2(O)CCCC2)C(=O)N1Cc1ccc(-c2ccccc2S(=O)(=O)Nc2noc(C)c2C)c(COCC)c1. The van der Waals surface area contributed by atoms with Crippen LogP contribution in [0.15, 0.2) is 56.9 Å². The molecule has 3 N–H and O–H groups in total. The average Bonchev–Trinajstić information content (AvgIpc) is 3.74. The predicted molar refractivity (Wildman–Crippen MR) is 186 cm³/mol. The predicted octanol–water partition coefficient (Wildman–Crippen LogP) is 5.41. The Hall–Kier alpha value is -4.07. The van der Waals surface area contributed by atoms with Crippen LogP contribution in [0.1, 0.15) is 88.2 Å². The second-order valence-electron chi connectivity index (χ2n) is 13.2. The monoisotopic (exact) mass is 693 g/mol. The van der Waals surface area contributed by atoms with Crippen molar-refractivity contribution in [1.29, 1.82) is 0 Å². The summed E-state index contributed by atoms with van der Waals surface area (Å²) in [5.41, 5.74) is 0.743. The van der Waals surface area contributed by atoms with Gasteiger partial charge in [0.15, 0.2) is 11.4 Å². The van der Waals surface area contributed by atoms with Crippen LogP contribution in [0.5, 0.6) is 0 Å². The van der Waals surface area contributed by atoms with Crippen LogP contribution in [0.3, 0.4) is 0 Å². The number of aliphatic imine (C=N–C) groups is 1. The number of aliphatic hydroxyl groups is 1. The zero-order valence-electron chi connectivity index (χ0n) is 29.0. The summed E-state index contributed by atoms with van der Waals surface area (Å²) in [7, 11) is -4.05. The lowest BCUT2D eigenvalue weighted by Crippen LogP contribution is -2.52. The Morgan fingerprint density at radius 1 is 1.10 bits per heavy atom. The van der Waals surface area contributed by atoms with Crippen molar-refractivity contribution < 1.29 is 32.4 Å². The van der Waals surface area contributed by atoms with E-state index < -0.39 is 27.1 Å². The van der Waals surface area contributed by atoms with Gasteiger partial charge in [0, 0.05) is 24.2 Å². The van der Waals surface area contributed by atoms with Crippen LogP contribution in [0.4, 0.5) is 5.82 Å². The minimum atomic E-state index is -4.05. The highest BCUT2D eigenvalue weighted by atomic mass is 32.2. The van der Waals surface area contributed by atoms with Gasteiger partial charge in [-0.25, -0.2) is 8.42 Å². The molecule has 2 aliphatic rings. The number of carbonyl (C=O) groups excluding carboxylic acids is 2. The molecule has 1 fully saturated rings. The summed E-state index contributed by atoms with van der Waals surface area (Å²) >= 11 is 0. The maximum absolute atomic E-state index is 14.0. The third kappa shape index (κ3) is 7.73. The molecule has 2 heterocycles. The van der Waals surface area contributed by atoms with E-state index in [-0.39, 0.29) is 36.3 Å². The van der Waals surface area contributed by atoms with Gasteiger partial charge in [-0.2, -0.15) is 0 Å². The number of benzene rings is 2. The third-order valence-corrected chi connectivity index (χ3v) is 10.8. The van der Waals surface area contributed by atoms with Crippen LogP contribution in [0, 0.1) is 13.8 Å². The van der Waals surface area contributed by atoms with Gasteiger partial charge in [-0.3, -0.25) is 24.2 Å². The summed E-state index contributed by atoms with van der Waals surface area (Å²) in [6, 6.07) is 12.4. The molecule has 5 rings (SSSR count). The number of anilines is 1. The minimum Gasteiger partial charge on any atom is -0.380 e. The Labute approximate surface area is 288 Å². The number of aromatic nitrogens is 1. The molecule has 0 saturated heterocycles. The van der Waals surface area contributed by atoms with E-state index in [0.29, 0.717) is 54.2 Å². The highest BCUT2D eigenvalue weighted by Crippen LogP contribution is 2.35. The molecule has 1 aromatic heterocycles. The lowest BCUT2D eigenvalue weighted by Gasteiger charge is -2.26. The second kappa shape index (κ2) is 14.8. The van der Waals surface area contributed by atoms with Crippen molar-refractivity contribution in [3.8, 4) is 11.1 Å². The topological polar surface area (TPSA) is 163 Å². The number of nitrogens with one attached hydrogen (secondary N) is 2. The van der Waals surface area contributed by atoms with Crippen LogP contribution in [0.25, 0.3) is 11.1 Å². The number of unbranched alkanes of at least 4 members (excludes halogenated alkanes) is 1. The zero-order chi connectivity index (χ0) is 35.4. The molecular formula is C36H47N5O7S. The van der Waals surface area contributed by atoms with Gasteiger partial charge in [-0.15, -0.1) is 0 Å². The fourth-order valence-electron chi connectivity index (χ4n) is 6.35. The maximum Gasteiger partial charge on any atom is 0.263 e. The Bertz CT molecular complexity index is 1830. The van der Waals surface area contributed by atoms with Gasteiger partial charge in [0.1, 0.15) is 17.2 Å². The molecule has 2 aromatic carbocycles. The Kier molecular flexibility index (Phi) is 10.9. The fourth-order valence-corrected chi connectivity index (χ4v) is 7.63. The standard InChI is InChI=1S/C36H47N5O7S/c1-6-8-15-31-38-35(5,23-37-33(42)36(44)18-11-12-19-36)34(43)41(31)21-26-16-17-28(27(20-26)22-47-7-2)29-13-9-10-14-30(29)49(45,46)40-32-24(3)25(4)48-39-32/h9-10,13-14,16-17,20,44H,6-8,11-12,15,18-19,21-23H2,1-5H3,(H,37,42)(H,39,40)/t35-/m0/s1. The van der Waals surface area contributed by atoms with E-state index in [1.165, 1.54) is 0 Å². The Balaban J connectivity index is 1.43. The highest BCUT2D eigenvalue weighted by molar-refractivity contribution is 7.92. The Morgan fingerprint density at radius 3 is 2.51 bits per heavy atom. The lowest BCUT2D eigenvalue weighted by atomic mass is 9.97. The number of aryl methyl sites for hydroxylation is 1. The van der Waals surface area contributed by atoms with Gasteiger partial charge >= 0.3 is 0 Å². The third-order valence-electron chi connectivity index (χ3n) is 9.42. The normalized spacial score (nSPS) is 18.9. The van der Waals surface area contributed by atoms with Crippen molar-refractivity contribution in [2.24, 2.45) is 4.99 Å². The number of hydrogen-bond donors (Lipinski definition) is 3. The van der Waals surface area contributed by atoms with Gasteiger partial charge < -0.3 is 19.7 Å². The van der Waals surface area contributed by atoms with Crippen molar-refractivity contribution >= 4 is 33.5 Å². The van der Waals surface area contributed by atoms with Crippen LogP contribution in [-0.2, 0) is 37.5 Å². The summed E-state index contributed by atoms with van der Waals surface area (Å²) in [6.07, 6.45) is 4.76. The van der Waals surface area contributed by atoms with Gasteiger partial charge in [0.25, 0.3) is 21.8 Å². The van der Waals surface area contributed by atoms with Crippen LogP contribution in [-0.4, -0.2) is 65.5 Å². The van der Waals surface area contributed by atoms with E-state index >= 15 is 0 Å². The van der Waals surface area contributed by atoms with E-state index in [9.17, 15) is 23.1 Å². The highest BCUT2D eigenvalue weighted by Gasteiger charge is 2.46. The number of amidine groups is 1. The second-order valence-corrected chi connectivity index (χ2v) is 14.8. The van der Waals surface area contributed by atoms with Gasteiger partial charge in [-0.05, 0) is 82.6 Å². The van der Waals surface area contributed by atoms with Crippen molar-refractivity contribution in [2.45, 2.75) is 109 Å². The van der Waals surface area contributed by atoms with E-state index in [2.05, 4.69) is 22.1 Å². The molecule has 13 heteroatoms. The first-order valence-corrected chi connectivity index (χ1v) is 18.5. The zero-order valence-corrected chi connectivity index (χ0v) is 29.8. The molecule has 1 saturated carbocycles. The van der Waals surface area contributed by atoms with Gasteiger partial charge in [0.2, 0.25) is 0 Å². The van der Waals surface area contributed by atoms with E-state index in [4.69, 9.17) is 14.3 Å². The largest absolute Gasteiger partial charge is 0.380 e. The van der Waals surface area contributed by atoms with Crippen LogP contribution >= 0.6 is 0 Å². The molecule has 49 heavy (non-hydrogen) atoms. The number of nitrogens with zero attached hydrogens (tertiary/aromatic N) is 3. The molecule has 1 atom stereocenters. The molecular weight excluding hydrogens is 646 g/mol. The molecule has 0 radical (unpaired) electrons. The van der Waals surface area contributed by atoms with E-state index in [1.54, 1.807) is 49.9 Å². The average molecular weight is 694 g/mol. The van der Waals surface area contributed by atoms with Crippen molar-refractivity contribution in [2.75, 3.05) is 17.9 Å². The molecule has 12 nitrogen and oxygen atoms in total. The molecule has 1 aliphatic carbocycles. The first-order chi connectivity index (χ1) is 23.3. The van der Waals surface area contributed by atoms with Crippen LogP contribution < -0.4 is 10.0 Å². The molecule has 0 unspecified atom stereocenters. The maximum atomic E-state index is 14.0. The van der Waals surface area contributed by atoms with Gasteiger partial charge in [-0.1, -0.05) is 54.9 Å². The molecule has 1 aliphatic heterocycles. The number of amides is 2. The van der Waals surface area contributed by atoms with Crippen LogP contribution in [0.2, 0.25) is 0 Å². The minimum absolute atomic E-state index is 0.0135. The summed E-state index contributed by atoms with van der Waals surface area (Å²) in [4.78, 5) is 33.4. The molecule has 0 bridgehead atoms. The number of carbonyl (C=O) groups is 2. The van der Waals surface area contributed by atoms with Crippen molar-refractivity contribution in [3.05, 3.63) is 64.9 Å². The quantitative estimate of drug-likeness (QED) is 0.190. The molecule has 2 amide bonds. The fraction of sp³-hybridized carbons (Fsp3) is 0.500. The number of sulfonamides is 1. The molecule has 264 valence electrons. The van der Waals surface area contributed by atoms with Gasteiger partial charge in [0.05, 0.1) is 24.6 Å². The summed E-state index contributed by atoms with van der Waals surface area (Å²) in [5.74, 6) is 0.623. The van der Waals surface area contributed by atoms with E-state index in [0.717, 1.165) is 36.8 Å². The van der Waals surface area contributed by atoms with Crippen molar-refractivity contribution in [3.63, 3.8) is 0 Å². The number of rotatable bonds is 15.